The van der Waals surface area contributed by atoms with Gasteiger partial charge < -0.3 is 14.3 Å². The van der Waals surface area contributed by atoms with Crippen molar-refractivity contribution >= 4 is 56.9 Å². The first-order valence-corrected chi connectivity index (χ1v) is 1.17. The minimum Gasteiger partial charge on any atom is -0.869 e. The number of halogens is 1. The van der Waals surface area contributed by atoms with Gasteiger partial charge in [-0.2, -0.15) is 0 Å². The van der Waals surface area contributed by atoms with Crippen molar-refractivity contribution in [1.29, 1.82) is 0 Å². The Morgan fingerprint density at radius 1 is 1.50 bits per heavy atom. The van der Waals surface area contributed by atoms with Crippen molar-refractivity contribution in [3.05, 3.63) is 0 Å². The molecular weight excluding hydrogens is 134 g/mol. The molecule has 0 saturated heterocycles. The van der Waals surface area contributed by atoms with E-state index in [2.05, 4.69) is 16.1 Å². The summed E-state index contributed by atoms with van der Waals surface area (Å²) in [5.74, 6) is 0. The third kappa shape index (κ3) is 9.09. The van der Waals surface area contributed by atoms with Crippen LogP contribution in [0.2, 0.25) is 0 Å². The van der Waals surface area contributed by atoms with E-state index in [1.165, 1.54) is 0 Å². The summed E-state index contributed by atoms with van der Waals surface area (Å²) >= 11 is 4.21. The fourth-order valence-electron chi connectivity index (χ4n) is 0. The van der Waals surface area contributed by atoms with Gasteiger partial charge in [-0.1, -0.05) is 0 Å². The van der Waals surface area contributed by atoms with E-state index in [1.807, 2.05) is 0 Å². The van der Waals surface area contributed by atoms with Crippen LogP contribution >= 0.6 is 11.9 Å². The van der Waals surface area contributed by atoms with E-state index in [4.69, 9.17) is 10.0 Å². The molecule has 0 aliphatic rings. The van der Waals surface area contributed by atoms with Gasteiger partial charge in [0.25, 0.3) is 0 Å². The second kappa shape index (κ2) is 6.49. The molecule has 0 aromatic carbocycles. The van der Waals surface area contributed by atoms with Gasteiger partial charge in [-0.05, 0) is 0 Å². The SMILES string of the molecule is [Ca+2].[O-]B([O-])OCl. The van der Waals surface area contributed by atoms with Crippen molar-refractivity contribution in [2.75, 3.05) is 0 Å². The minimum atomic E-state index is -2.35. The average molecular weight is 134 g/mol. The van der Waals surface area contributed by atoms with Crippen LogP contribution < -0.4 is 10.0 Å². The van der Waals surface area contributed by atoms with Crippen molar-refractivity contribution in [2.45, 2.75) is 0 Å². The molecule has 0 aliphatic carbocycles. The fraction of sp³-hybridized carbons (Fsp3) is 0. The molecule has 0 spiro atoms. The molecule has 0 N–H and O–H groups in total. The Kier molecular flexibility index (Phi) is 11.3. The van der Waals surface area contributed by atoms with Gasteiger partial charge in [-0.15, -0.1) is 0 Å². The molecule has 0 aromatic rings. The standard InChI is InChI=1S/BClO3.Ca/c2-5-1(3)4;/q-2;+2. The monoisotopic (exact) mass is 134 g/mol. The van der Waals surface area contributed by atoms with E-state index in [-0.39, 0.29) is 37.7 Å². The smallest absolute Gasteiger partial charge is 0.869 e. The quantitative estimate of drug-likeness (QED) is 0.372. The van der Waals surface area contributed by atoms with E-state index >= 15 is 0 Å². The first-order valence-electron chi connectivity index (χ1n) is 0.861. The Morgan fingerprint density at radius 2 is 1.67 bits per heavy atom. The van der Waals surface area contributed by atoms with E-state index in [0.29, 0.717) is 0 Å². The molecule has 30 valence electrons. The maximum Gasteiger partial charge on any atom is 2.00 e. The molecule has 0 heterocycles. The predicted octanol–water partition coefficient (Wildman–Crippen LogP) is -2.52. The van der Waals surface area contributed by atoms with E-state index in [9.17, 15) is 0 Å². The molecule has 3 nitrogen and oxygen atoms in total. The van der Waals surface area contributed by atoms with Crippen LogP contribution in [0.1, 0.15) is 0 Å². The van der Waals surface area contributed by atoms with Crippen LogP contribution in [-0.2, 0) is 4.21 Å². The number of hydrogen-bond donors (Lipinski definition) is 0. The normalized spacial score (nSPS) is 6.50. The molecule has 0 rings (SSSR count). The zero-order chi connectivity index (χ0) is 4.28. The first kappa shape index (κ1) is 10.5. The van der Waals surface area contributed by atoms with Crippen LogP contribution in [0.25, 0.3) is 0 Å². The first-order chi connectivity index (χ1) is 2.27. The fourth-order valence-corrected chi connectivity index (χ4v) is 0. The molecule has 0 aromatic heterocycles. The summed E-state index contributed by atoms with van der Waals surface area (Å²) in [6.45, 7) is 0. The van der Waals surface area contributed by atoms with Gasteiger partial charge in [0.1, 0.15) is 0 Å². The predicted molar refractivity (Wildman–Crippen MR) is 18.4 cm³/mol. The Morgan fingerprint density at radius 3 is 1.67 bits per heavy atom. The Hall–Kier alpha value is 1.49. The van der Waals surface area contributed by atoms with Crippen molar-refractivity contribution in [3.63, 3.8) is 0 Å². The van der Waals surface area contributed by atoms with Crippen LogP contribution in [0.3, 0.4) is 0 Å². The topological polar surface area (TPSA) is 55.3 Å². The van der Waals surface area contributed by atoms with Gasteiger partial charge in [0.2, 0.25) is 0 Å². The maximum atomic E-state index is 8.99. The maximum absolute atomic E-state index is 8.99. The molecule has 0 saturated carbocycles. The molecule has 0 bridgehead atoms. The minimum absolute atomic E-state index is 0. The Bertz CT molecular complexity index is 24.8. The zero-order valence-corrected chi connectivity index (χ0v) is 5.85. The molecule has 0 aliphatic heterocycles. The molecular formula is BCaClO3. The van der Waals surface area contributed by atoms with Crippen LogP contribution in [-0.4, -0.2) is 45.1 Å². The molecule has 0 radical (unpaired) electrons. The summed E-state index contributed by atoms with van der Waals surface area (Å²) < 4.78 is 3.11. The van der Waals surface area contributed by atoms with Crippen LogP contribution in [0.4, 0.5) is 0 Å². The average Bonchev–Trinajstić information content (AvgIpc) is 1.38. The van der Waals surface area contributed by atoms with Crippen molar-refractivity contribution < 1.29 is 14.3 Å². The number of rotatable bonds is 1. The van der Waals surface area contributed by atoms with Crippen LogP contribution in [0.5, 0.6) is 0 Å². The van der Waals surface area contributed by atoms with Gasteiger partial charge in [-0.3, -0.25) is 0 Å². The molecule has 6 heavy (non-hydrogen) atoms. The summed E-state index contributed by atoms with van der Waals surface area (Å²) in [5.41, 5.74) is 0. The van der Waals surface area contributed by atoms with Gasteiger partial charge in [-0.25, -0.2) is 0 Å². The molecule has 0 fully saturated rings. The summed E-state index contributed by atoms with van der Waals surface area (Å²) in [6, 6.07) is 0. The number of hydrogen-bond acceptors (Lipinski definition) is 3. The van der Waals surface area contributed by atoms with Crippen molar-refractivity contribution in [1.82, 2.24) is 0 Å². The molecule has 0 unspecified atom stereocenters. The summed E-state index contributed by atoms with van der Waals surface area (Å²) in [6.07, 6.45) is 0. The zero-order valence-electron chi connectivity index (χ0n) is 2.89. The van der Waals surface area contributed by atoms with Gasteiger partial charge >= 0.3 is 37.7 Å². The largest absolute Gasteiger partial charge is 2.00 e. The molecule has 0 amide bonds. The molecule has 0 atom stereocenters. The second-order valence-electron chi connectivity index (χ2n) is 0.378. The Labute approximate surface area is 70.6 Å². The third-order valence-corrected chi connectivity index (χ3v) is 0.218. The van der Waals surface area contributed by atoms with Gasteiger partial charge in [0.15, 0.2) is 0 Å². The molecule has 6 heteroatoms. The second-order valence-corrected chi connectivity index (χ2v) is 0.556. The third-order valence-electron chi connectivity index (χ3n) is 0.0727. The summed E-state index contributed by atoms with van der Waals surface area (Å²) in [4.78, 5) is 0. The van der Waals surface area contributed by atoms with E-state index in [1.54, 1.807) is 0 Å². The summed E-state index contributed by atoms with van der Waals surface area (Å²) in [5, 5.41) is 18.0. The van der Waals surface area contributed by atoms with Gasteiger partial charge in [0, 0.05) is 11.9 Å². The van der Waals surface area contributed by atoms with Crippen LogP contribution in [0, 0.1) is 0 Å². The van der Waals surface area contributed by atoms with Gasteiger partial charge in [0.05, 0.1) is 7.32 Å². The van der Waals surface area contributed by atoms with Crippen LogP contribution in [0.15, 0.2) is 0 Å². The van der Waals surface area contributed by atoms with E-state index < -0.39 is 7.32 Å². The van der Waals surface area contributed by atoms with Crippen molar-refractivity contribution in [3.8, 4) is 0 Å². The van der Waals surface area contributed by atoms with E-state index in [0.717, 1.165) is 0 Å². The Balaban J connectivity index is 0. The van der Waals surface area contributed by atoms with Crippen molar-refractivity contribution in [2.24, 2.45) is 0 Å². The summed E-state index contributed by atoms with van der Waals surface area (Å²) in [7, 11) is -2.35.